The minimum Gasteiger partial charge on any atom is -0.353 e. The highest BCUT2D eigenvalue weighted by atomic mass is 16.2. The zero-order valence-electron chi connectivity index (χ0n) is 13.3. The van der Waals surface area contributed by atoms with Crippen LogP contribution in [0.5, 0.6) is 0 Å². The van der Waals surface area contributed by atoms with Gasteiger partial charge in [-0.05, 0) is 39.2 Å². The molecule has 1 atom stereocenters. The largest absolute Gasteiger partial charge is 0.353 e. The van der Waals surface area contributed by atoms with Gasteiger partial charge in [-0.3, -0.25) is 14.5 Å². The fourth-order valence-corrected chi connectivity index (χ4v) is 2.56. The van der Waals surface area contributed by atoms with Crippen molar-refractivity contribution in [1.82, 2.24) is 15.1 Å². The number of rotatable bonds is 6. The Morgan fingerprint density at radius 1 is 1.35 bits per heavy atom. The van der Waals surface area contributed by atoms with Crippen LogP contribution < -0.4 is 5.32 Å². The number of carbonyl (C=O) groups excluding carboxylic acids is 2. The second kappa shape index (κ2) is 8.25. The molecule has 20 heavy (non-hydrogen) atoms. The summed E-state index contributed by atoms with van der Waals surface area (Å²) in [6.07, 6.45) is 2.30. The molecule has 2 amide bonds. The molecular weight excluding hydrogens is 254 g/mol. The van der Waals surface area contributed by atoms with E-state index in [-0.39, 0.29) is 17.9 Å². The van der Waals surface area contributed by atoms with Crippen molar-refractivity contribution in [1.29, 1.82) is 0 Å². The van der Waals surface area contributed by atoms with Gasteiger partial charge in [0.15, 0.2) is 0 Å². The van der Waals surface area contributed by atoms with E-state index in [0.717, 1.165) is 19.5 Å². The summed E-state index contributed by atoms with van der Waals surface area (Å²) in [5.74, 6) is 0.726. The lowest BCUT2D eigenvalue weighted by atomic mass is 10.0. The van der Waals surface area contributed by atoms with Crippen molar-refractivity contribution >= 4 is 11.8 Å². The third-order valence-electron chi connectivity index (χ3n) is 3.63. The van der Waals surface area contributed by atoms with Crippen molar-refractivity contribution in [3.63, 3.8) is 0 Å². The maximum absolute atomic E-state index is 12.3. The van der Waals surface area contributed by atoms with Crippen LogP contribution in [-0.2, 0) is 9.59 Å². The van der Waals surface area contributed by atoms with E-state index in [1.165, 1.54) is 6.42 Å². The third-order valence-corrected chi connectivity index (χ3v) is 3.63. The van der Waals surface area contributed by atoms with Gasteiger partial charge in [-0.1, -0.05) is 13.8 Å². The van der Waals surface area contributed by atoms with Crippen LogP contribution >= 0.6 is 0 Å². The molecule has 1 unspecified atom stereocenters. The summed E-state index contributed by atoms with van der Waals surface area (Å²) in [5, 5.41) is 2.86. The van der Waals surface area contributed by atoms with Gasteiger partial charge in [-0.25, -0.2) is 0 Å². The summed E-state index contributed by atoms with van der Waals surface area (Å²) >= 11 is 0. The first kappa shape index (κ1) is 17.0. The van der Waals surface area contributed by atoms with Crippen molar-refractivity contribution in [2.24, 2.45) is 5.92 Å². The van der Waals surface area contributed by atoms with Gasteiger partial charge >= 0.3 is 0 Å². The Hall–Kier alpha value is -1.10. The van der Waals surface area contributed by atoms with E-state index in [2.05, 4.69) is 12.2 Å². The molecule has 0 aliphatic carbocycles. The monoisotopic (exact) mass is 283 g/mol. The fraction of sp³-hybridized carbons (Fsp3) is 0.867. The first-order chi connectivity index (χ1) is 9.42. The van der Waals surface area contributed by atoms with Crippen LogP contribution in [0.25, 0.3) is 0 Å². The van der Waals surface area contributed by atoms with Crippen LogP contribution in [0.2, 0.25) is 0 Å². The van der Waals surface area contributed by atoms with Gasteiger partial charge in [0.25, 0.3) is 0 Å². The number of amides is 2. The summed E-state index contributed by atoms with van der Waals surface area (Å²) in [6.45, 7) is 11.1. The highest BCUT2D eigenvalue weighted by molar-refractivity contribution is 5.81. The Morgan fingerprint density at radius 2 is 2.05 bits per heavy atom. The van der Waals surface area contributed by atoms with E-state index in [9.17, 15) is 9.59 Å². The second-order valence-corrected chi connectivity index (χ2v) is 6.11. The Kier molecular flexibility index (Phi) is 6.99. The van der Waals surface area contributed by atoms with Crippen LogP contribution in [0.4, 0.5) is 0 Å². The van der Waals surface area contributed by atoms with E-state index in [0.29, 0.717) is 25.6 Å². The predicted octanol–water partition coefficient (Wildman–Crippen LogP) is 1.09. The summed E-state index contributed by atoms with van der Waals surface area (Å²) in [4.78, 5) is 27.9. The number of likely N-dealkylation sites (tertiary alicyclic amines) is 1. The van der Waals surface area contributed by atoms with Gasteiger partial charge in [0.05, 0.1) is 13.1 Å². The fourth-order valence-electron chi connectivity index (χ4n) is 2.56. The molecule has 1 saturated heterocycles. The third kappa shape index (κ3) is 5.90. The predicted molar refractivity (Wildman–Crippen MR) is 80.4 cm³/mol. The number of carbonyl (C=O) groups is 2. The SMILES string of the molecule is CCN(CC(=O)NC(C)C)CC(=O)N1CCCC(C)C1. The molecule has 1 aliphatic rings. The van der Waals surface area contributed by atoms with Crippen molar-refractivity contribution < 1.29 is 9.59 Å². The summed E-state index contributed by atoms with van der Waals surface area (Å²) in [6, 6.07) is 0.139. The first-order valence-corrected chi connectivity index (χ1v) is 7.71. The lowest BCUT2D eigenvalue weighted by Crippen LogP contribution is -2.47. The molecule has 0 aromatic rings. The highest BCUT2D eigenvalue weighted by Gasteiger charge is 2.22. The number of hydrogen-bond acceptors (Lipinski definition) is 3. The van der Waals surface area contributed by atoms with E-state index in [4.69, 9.17) is 0 Å². The average Bonchev–Trinajstić information content (AvgIpc) is 2.36. The minimum atomic E-state index is -0.0123. The molecule has 0 spiro atoms. The van der Waals surface area contributed by atoms with Crippen LogP contribution in [0.15, 0.2) is 0 Å². The average molecular weight is 283 g/mol. The van der Waals surface area contributed by atoms with Crippen LogP contribution in [0.3, 0.4) is 0 Å². The van der Waals surface area contributed by atoms with Gasteiger partial charge in [-0.2, -0.15) is 0 Å². The standard InChI is InChI=1S/C15H29N3O2/c1-5-17(10-14(19)16-12(2)3)11-15(20)18-8-6-7-13(4)9-18/h12-13H,5-11H2,1-4H3,(H,16,19). The van der Waals surface area contributed by atoms with E-state index in [1.807, 2.05) is 30.6 Å². The van der Waals surface area contributed by atoms with Crippen molar-refractivity contribution in [2.75, 3.05) is 32.7 Å². The van der Waals surface area contributed by atoms with Crippen LogP contribution in [-0.4, -0.2) is 60.4 Å². The first-order valence-electron chi connectivity index (χ1n) is 7.71. The molecule has 0 bridgehead atoms. The molecule has 116 valence electrons. The summed E-state index contributed by atoms with van der Waals surface area (Å²) < 4.78 is 0. The molecule has 1 N–H and O–H groups in total. The Morgan fingerprint density at radius 3 is 2.60 bits per heavy atom. The zero-order valence-corrected chi connectivity index (χ0v) is 13.3. The molecule has 0 aromatic heterocycles. The highest BCUT2D eigenvalue weighted by Crippen LogP contribution is 2.15. The number of hydrogen-bond donors (Lipinski definition) is 1. The van der Waals surface area contributed by atoms with E-state index >= 15 is 0 Å². The molecular formula is C15H29N3O2. The smallest absolute Gasteiger partial charge is 0.236 e. The topological polar surface area (TPSA) is 52.7 Å². The molecule has 5 heteroatoms. The van der Waals surface area contributed by atoms with E-state index < -0.39 is 0 Å². The van der Waals surface area contributed by atoms with Crippen molar-refractivity contribution in [3.8, 4) is 0 Å². The Balaban J connectivity index is 2.42. The quantitative estimate of drug-likeness (QED) is 0.794. The normalized spacial score (nSPS) is 19.5. The number of nitrogens with zero attached hydrogens (tertiary/aromatic N) is 2. The maximum Gasteiger partial charge on any atom is 0.236 e. The van der Waals surface area contributed by atoms with Gasteiger partial charge in [0.2, 0.25) is 11.8 Å². The molecule has 0 radical (unpaired) electrons. The molecule has 1 heterocycles. The zero-order chi connectivity index (χ0) is 15.1. The number of nitrogens with one attached hydrogen (secondary N) is 1. The van der Waals surface area contributed by atoms with Crippen LogP contribution in [0.1, 0.15) is 40.5 Å². The van der Waals surface area contributed by atoms with Crippen molar-refractivity contribution in [2.45, 2.75) is 46.6 Å². The number of piperidine rings is 1. The lowest BCUT2D eigenvalue weighted by Gasteiger charge is -2.32. The molecule has 1 rings (SSSR count). The van der Waals surface area contributed by atoms with Gasteiger partial charge in [-0.15, -0.1) is 0 Å². The number of likely N-dealkylation sites (N-methyl/N-ethyl adjacent to an activating group) is 1. The molecule has 0 aromatic carbocycles. The minimum absolute atomic E-state index is 0.0123. The van der Waals surface area contributed by atoms with Gasteiger partial charge in [0.1, 0.15) is 0 Å². The molecule has 1 fully saturated rings. The van der Waals surface area contributed by atoms with Crippen molar-refractivity contribution in [3.05, 3.63) is 0 Å². The molecule has 1 aliphatic heterocycles. The summed E-state index contributed by atoms with van der Waals surface area (Å²) in [7, 11) is 0. The lowest BCUT2D eigenvalue weighted by molar-refractivity contribution is -0.134. The maximum atomic E-state index is 12.3. The molecule has 5 nitrogen and oxygen atoms in total. The van der Waals surface area contributed by atoms with Crippen LogP contribution in [0, 0.1) is 5.92 Å². The summed E-state index contributed by atoms with van der Waals surface area (Å²) in [5.41, 5.74) is 0. The Bertz CT molecular complexity index is 331. The van der Waals surface area contributed by atoms with Gasteiger partial charge in [0, 0.05) is 19.1 Å². The van der Waals surface area contributed by atoms with Gasteiger partial charge < -0.3 is 10.2 Å². The Labute approximate surface area is 122 Å². The van der Waals surface area contributed by atoms with E-state index in [1.54, 1.807) is 0 Å². The molecule has 0 saturated carbocycles. The second-order valence-electron chi connectivity index (χ2n) is 6.11.